The van der Waals surface area contributed by atoms with Crippen LogP contribution in [0, 0.1) is 6.92 Å². The minimum atomic E-state index is 0.389. The van der Waals surface area contributed by atoms with Gasteiger partial charge in [-0.3, -0.25) is 0 Å². The van der Waals surface area contributed by atoms with Crippen molar-refractivity contribution in [2.75, 3.05) is 16.9 Å². The Morgan fingerprint density at radius 3 is 2.63 bits per heavy atom. The standard InChI is InChI=1S/C13H22N4S2/c1-4-9-8(3)15-13(16-12(9)17-14)11-10(5-2)18-6-7-19-11/h10-11H,4-7,14H2,1-3H3,(H,15,16,17). The fourth-order valence-corrected chi connectivity index (χ4v) is 5.42. The molecule has 3 N–H and O–H groups in total. The highest BCUT2D eigenvalue weighted by Crippen LogP contribution is 2.43. The van der Waals surface area contributed by atoms with E-state index in [-0.39, 0.29) is 0 Å². The maximum absolute atomic E-state index is 5.61. The van der Waals surface area contributed by atoms with E-state index < -0.39 is 0 Å². The quantitative estimate of drug-likeness (QED) is 0.658. The van der Waals surface area contributed by atoms with Gasteiger partial charge in [0, 0.05) is 28.0 Å². The second kappa shape index (κ2) is 6.81. The number of nitrogens with two attached hydrogens (primary N) is 1. The van der Waals surface area contributed by atoms with Crippen LogP contribution in [-0.2, 0) is 6.42 Å². The van der Waals surface area contributed by atoms with Gasteiger partial charge in [-0.2, -0.15) is 11.8 Å². The van der Waals surface area contributed by atoms with E-state index in [9.17, 15) is 0 Å². The van der Waals surface area contributed by atoms with Gasteiger partial charge in [0.1, 0.15) is 11.6 Å². The Balaban J connectivity index is 2.36. The van der Waals surface area contributed by atoms with Crippen LogP contribution >= 0.6 is 23.5 Å². The van der Waals surface area contributed by atoms with Gasteiger partial charge in [0.05, 0.1) is 5.25 Å². The van der Waals surface area contributed by atoms with Gasteiger partial charge in [-0.1, -0.05) is 13.8 Å². The summed E-state index contributed by atoms with van der Waals surface area (Å²) in [6.45, 7) is 6.39. The summed E-state index contributed by atoms with van der Waals surface area (Å²) >= 11 is 4.02. The lowest BCUT2D eigenvalue weighted by Crippen LogP contribution is -2.22. The smallest absolute Gasteiger partial charge is 0.147 e. The second-order valence-corrected chi connectivity index (χ2v) is 7.20. The molecule has 1 saturated heterocycles. The first-order chi connectivity index (χ1) is 9.21. The highest BCUT2D eigenvalue weighted by Gasteiger charge is 2.29. The summed E-state index contributed by atoms with van der Waals surface area (Å²) in [6, 6.07) is 0. The van der Waals surface area contributed by atoms with Crippen LogP contribution in [0.4, 0.5) is 5.82 Å². The molecule has 0 spiro atoms. The first-order valence-electron chi connectivity index (χ1n) is 6.78. The zero-order chi connectivity index (χ0) is 13.8. The molecule has 1 aliphatic heterocycles. The molecule has 1 fully saturated rings. The Morgan fingerprint density at radius 2 is 2.00 bits per heavy atom. The molecule has 0 saturated carbocycles. The molecule has 1 aliphatic rings. The number of hydrogen-bond donors (Lipinski definition) is 2. The van der Waals surface area contributed by atoms with Crippen LogP contribution in [0.5, 0.6) is 0 Å². The van der Waals surface area contributed by atoms with Crippen molar-refractivity contribution in [3.05, 3.63) is 17.1 Å². The van der Waals surface area contributed by atoms with Crippen LogP contribution in [0.3, 0.4) is 0 Å². The molecule has 2 atom stereocenters. The third-order valence-electron chi connectivity index (χ3n) is 3.43. The van der Waals surface area contributed by atoms with E-state index in [1.54, 1.807) is 0 Å². The average molecular weight is 298 g/mol. The molecule has 2 unspecified atom stereocenters. The van der Waals surface area contributed by atoms with Gasteiger partial charge in [0.25, 0.3) is 0 Å². The number of anilines is 1. The number of aromatic nitrogens is 2. The molecule has 0 bridgehead atoms. The normalized spacial score (nSPS) is 23.4. The lowest BCUT2D eigenvalue weighted by atomic mass is 10.1. The van der Waals surface area contributed by atoms with Crippen LogP contribution in [0.15, 0.2) is 0 Å². The van der Waals surface area contributed by atoms with Gasteiger partial charge in [0.2, 0.25) is 0 Å². The summed E-state index contributed by atoms with van der Waals surface area (Å²) in [5.74, 6) is 9.74. The first-order valence-corrected chi connectivity index (χ1v) is 8.88. The van der Waals surface area contributed by atoms with Crippen molar-refractivity contribution in [3.8, 4) is 0 Å². The lowest BCUT2D eigenvalue weighted by molar-refractivity contribution is 0.741. The molecule has 4 nitrogen and oxygen atoms in total. The third-order valence-corrected chi connectivity index (χ3v) is 6.67. The topological polar surface area (TPSA) is 63.8 Å². The van der Waals surface area contributed by atoms with Crippen LogP contribution in [0.1, 0.15) is 42.6 Å². The van der Waals surface area contributed by atoms with Gasteiger partial charge in [0.15, 0.2) is 0 Å². The minimum absolute atomic E-state index is 0.389. The molecule has 1 aromatic heterocycles. The van der Waals surface area contributed by atoms with E-state index in [0.29, 0.717) is 10.5 Å². The summed E-state index contributed by atoms with van der Waals surface area (Å²) in [4.78, 5) is 9.40. The number of nitrogens with zero attached hydrogens (tertiary/aromatic N) is 2. The molecule has 0 radical (unpaired) electrons. The highest BCUT2D eigenvalue weighted by molar-refractivity contribution is 8.06. The number of thioether (sulfide) groups is 2. The zero-order valence-electron chi connectivity index (χ0n) is 11.8. The largest absolute Gasteiger partial charge is 0.308 e. The van der Waals surface area contributed by atoms with Gasteiger partial charge in [-0.25, -0.2) is 15.8 Å². The van der Waals surface area contributed by atoms with Gasteiger partial charge in [-0.15, -0.1) is 11.8 Å². The Morgan fingerprint density at radius 1 is 1.26 bits per heavy atom. The number of nitrogen functional groups attached to an aromatic ring is 1. The van der Waals surface area contributed by atoms with Crippen molar-refractivity contribution < 1.29 is 0 Å². The fourth-order valence-electron chi connectivity index (χ4n) is 2.43. The van der Waals surface area contributed by atoms with Crippen LogP contribution in [-0.4, -0.2) is 26.7 Å². The minimum Gasteiger partial charge on any atom is -0.308 e. The SMILES string of the molecule is CCc1c(C)nc(C2SCCSC2CC)nc1NN. The molecule has 6 heteroatoms. The van der Waals surface area contributed by atoms with E-state index in [0.717, 1.165) is 35.7 Å². The molecule has 0 amide bonds. The molecule has 2 heterocycles. The summed E-state index contributed by atoms with van der Waals surface area (Å²) in [7, 11) is 0. The molecular formula is C13H22N4S2. The molecule has 0 aromatic carbocycles. The zero-order valence-corrected chi connectivity index (χ0v) is 13.4. The Hall–Kier alpha value is -0.460. The summed E-state index contributed by atoms with van der Waals surface area (Å²) < 4.78 is 0. The first kappa shape index (κ1) is 14.9. The monoisotopic (exact) mass is 298 g/mol. The predicted molar refractivity (Wildman–Crippen MR) is 85.7 cm³/mol. The molecule has 1 aromatic rings. The van der Waals surface area contributed by atoms with Crippen molar-refractivity contribution in [2.24, 2.45) is 5.84 Å². The molecule has 19 heavy (non-hydrogen) atoms. The fraction of sp³-hybridized carbons (Fsp3) is 0.692. The van der Waals surface area contributed by atoms with E-state index in [1.807, 2.05) is 30.4 Å². The highest BCUT2D eigenvalue weighted by atomic mass is 32.2. The molecule has 2 rings (SSSR count). The predicted octanol–water partition coefficient (Wildman–Crippen LogP) is 2.93. The van der Waals surface area contributed by atoms with E-state index >= 15 is 0 Å². The Labute approximate surface area is 123 Å². The van der Waals surface area contributed by atoms with Crippen molar-refractivity contribution in [1.29, 1.82) is 0 Å². The Bertz CT molecular complexity index is 439. The van der Waals surface area contributed by atoms with Gasteiger partial charge < -0.3 is 5.43 Å². The Kier molecular flexibility index (Phi) is 5.36. The van der Waals surface area contributed by atoms with E-state index in [2.05, 4.69) is 24.3 Å². The second-order valence-electron chi connectivity index (χ2n) is 4.60. The number of hydrazine groups is 1. The van der Waals surface area contributed by atoms with E-state index in [1.165, 1.54) is 11.5 Å². The maximum Gasteiger partial charge on any atom is 0.147 e. The number of aryl methyl sites for hydroxylation is 1. The average Bonchev–Trinajstić information content (AvgIpc) is 2.46. The van der Waals surface area contributed by atoms with Crippen molar-refractivity contribution in [1.82, 2.24) is 9.97 Å². The summed E-state index contributed by atoms with van der Waals surface area (Å²) in [6.07, 6.45) is 2.06. The van der Waals surface area contributed by atoms with Gasteiger partial charge in [-0.05, 0) is 19.8 Å². The van der Waals surface area contributed by atoms with Crippen molar-refractivity contribution >= 4 is 29.3 Å². The van der Waals surface area contributed by atoms with Crippen LogP contribution in [0.2, 0.25) is 0 Å². The van der Waals surface area contributed by atoms with Gasteiger partial charge >= 0.3 is 0 Å². The van der Waals surface area contributed by atoms with Crippen LogP contribution < -0.4 is 11.3 Å². The molecule has 0 aliphatic carbocycles. The number of nitrogens with one attached hydrogen (secondary N) is 1. The van der Waals surface area contributed by atoms with E-state index in [4.69, 9.17) is 10.8 Å². The lowest BCUT2D eigenvalue weighted by Gasteiger charge is -2.29. The van der Waals surface area contributed by atoms with Crippen molar-refractivity contribution in [2.45, 2.75) is 44.1 Å². The maximum atomic E-state index is 5.61. The number of rotatable bonds is 4. The molecule has 106 valence electrons. The third kappa shape index (κ3) is 3.17. The van der Waals surface area contributed by atoms with Crippen molar-refractivity contribution in [3.63, 3.8) is 0 Å². The van der Waals surface area contributed by atoms with Crippen LogP contribution in [0.25, 0.3) is 0 Å². The number of hydrogen-bond acceptors (Lipinski definition) is 6. The summed E-state index contributed by atoms with van der Waals surface area (Å²) in [5, 5.41) is 0.997. The molecular weight excluding hydrogens is 276 g/mol. The summed E-state index contributed by atoms with van der Waals surface area (Å²) in [5.41, 5.74) is 4.90.